The minimum Gasteiger partial charge on any atom is -0.383 e. The first kappa shape index (κ1) is 16.7. The average Bonchev–Trinajstić information content (AvgIpc) is 3.37. The summed E-state index contributed by atoms with van der Waals surface area (Å²) >= 11 is 0. The molecule has 2 aromatic heterocycles. The Labute approximate surface area is 161 Å². The van der Waals surface area contributed by atoms with Crippen LogP contribution in [0.15, 0.2) is 54.6 Å². The highest BCUT2D eigenvalue weighted by Gasteiger charge is 2.22. The van der Waals surface area contributed by atoms with Crippen molar-refractivity contribution < 1.29 is 4.39 Å². The van der Waals surface area contributed by atoms with Crippen molar-refractivity contribution in [2.45, 2.75) is 12.8 Å². The Morgan fingerprint density at radius 1 is 0.893 bits per heavy atom. The van der Waals surface area contributed by atoms with Crippen molar-refractivity contribution in [3.05, 3.63) is 60.4 Å². The number of hydrogen-bond acceptors (Lipinski definition) is 5. The van der Waals surface area contributed by atoms with E-state index >= 15 is 0 Å². The van der Waals surface area contributed by atoms with Crippen LogP contribution in [0.25, 0.3) is 28.0 Å². The molecule has 6 nitrogen and oxygen atoms in total. The molecule has 140 valence electrons. The Morgan fingerprint density at radius 2 is 1.61 bits per heavy atom. The molecule has 0 amide bonds. The van der Waals surface area contributed by atoms with Gasteiger partial charge in [0.15, 0.2) is 5.65 Å². The van der Waals surface area contributed by atoms with E-state index in [9.17, 15) is 4.39 Å². The zero-order valence-corrected chi connectivity index (χ0v) is 15.2. The molecule has 2 aromatic carbocycles. The summed E-state index contributed by atoms with van der Waals surface area (Å²) in [5.41, 5.74) is 9.40. The third-order valence-electron chi connectivity index (χ3n) is 5.06. The van der Waals surface area contributed by atoms with Gasteiger partial charge in [-0.2, -0.15) is 4.98 Å². The fourth-order valence-electron chi connectivity index (χ4n) is 3.64. The smallest absolute Gasteiger partial charge is 0.228 e. The van der Waals surface area contributed by atoms with Crippen molar-refractivity contribution in [2.75, 3.05) is 23.7 Å². The molecule has 0 bridgehead atoms. The Hall–Kier alpha value is -3.48. The lowest BCUT2D eigenvalue weighted by atomic mass is 10.1. The SMILES string of the molecule is Nc1c2c(-c3ccccc3)nc(N3CCCC3)nc2nn1-c1ccc(F)cc1. The normalized spacial score (nSPS) is 14.1. The van der Waals surface area contributed by atoms with Crippen molar-refractivity contribution in [1.82, 2.24) is 19.7 Å². The maximum absolute atomic E-state index is 13.3. The van der Waals surface area contributed by atoms with Gasteiger partial charge in [0.2, 0.25) is 5.95 Å². The molecular formula is C21H19FN6. The zero-order valence-electron chi connectivity index (χ0n) is 15.2. The summed E-state index contributed by atoms with van der Waals surface area (Å²) in [6.07, 6.45) is 2.27. The lowest BCUT2D eigenvalue weighted by Crippen LogP contribution is -2.20. The molecule has 2 N–H and O–H groups in total. The average molecular weight is 374 g/mol. The standard InChI is InChI=1S/C21H19FN6/c22-15-8-10-16(11-9-15)28-19(23)17-18(14-6-2-1-3-7-14)24-21(25-20(17)26-28)27-12-4-5-13-27/h1-3,6-11H,4-5,12-13,23H2. The largest absolute Gasteiger partial charge is 0.383 e. The van der Waals surface area contributed by atoms with Gasteiger partial charge < -0.3 is 10.6 Å². The summed E-state index contributed by atoms with van der Waals surface area (Å²) < 4.78 is 14.9. The topological polar surface area (TPSA) is 72.9 Å². The number of benzene rings is 2. The summed E-state index contributed by atoms with van der Waals surface area (Å²) in [7, 11) is 0. The third kappa shape index (κ3) is 2.76. The van der Waals surface area contributed by atoms with Crippen molar-refractivity contribution in [1.29, 1.82) is 0 Å². The molecule has 1 saturated heterocycles. The minimum absolute atomic E-state index is 0.305. The van der Waals surface area contributed by atoms with E-state index in [0.29, 0.717) is 28.5 Å². The van der Waals surface area contributed by atoms with Gasteiger partial charge in [-0.1, -0.05) is 30.3 Å². The first-order valence-corrected chi connectivity index (χ1v) is 9.33. The number of fused-ring (bicyclic) bond motifs is 1. The Kier molecular flexibility index (Phi) is 3.93. The van der Waals surface area contributed by atoms with Gasteiger partial charge in [-0.05, 0) is 37.1 Å². The number of nitrogens with zero attached hydrogens (tertiary/aromatic N) is 5. The lowest BCUT2D eigenvalue weighted by Gasteiger charge is -2.16. The fourth-order valence-corrected chi connectivity index (χ4v) is 3.64. The predicted octanol–water partition coefficient (Wildman–Crippen LogP) is 3.80. The van der Waals surface area contributed by atoms with Gasteiger partial charge in [-0.3, -0.25) is 0 Å². The highest BCUT2D eigenvalue weighted by molar-refractivity contribution is 5.99. The predicted molar refractivity (Wildman–Crippen MR) is 108 cm³/mol. The molecule has 28 heavy (non-hydrogen) atoms. The van der Waals surface area contributed by atoms with Crippen molar-refractivity contribution in [3.8, 4) is 16.9 Å². The Balaban J connectivity index is 1.76. The van der Waals surface area contributed by atoms with Crippen LogP contribution in [-0.4, -0.2) is 32.8 Å². The van der Waals surface area contributed by atoms with Gasteiger partial charge >= 0.3 is 0 Å². The van der Waals surface area contributed by atoms with Crippen LogP contribution in [0.3, 0.4) is 0 Å². The van der Waals surface area contributed by atoms with E-state index in [2.05, 4.69) is 10.00 Å². The van der Waals surface area contributed by atoms with Crippen LogP contribution in [0.1, 0.15) is 12.8 Å². The maximum Gasteiger partial charge on any atom is 0.228 e. The van der Waals surface area contributed by atoms with E-state index in [1.807, 2.05) is 30.3 Å². The minimum atomic E-state index is -0.305. The van der Waals surface area contributed by atoms with Crippen LogP contribution in [0.2, 0.25) is 0 Å². The van der Waals surface area contributed by atoms with Crippen LogP contribution >= 0.6 is 0 Å². The highest BCUT2D eigenvalue weighted by Crippen LogP contribution is 2.33. The van der Waals surface area contributed by atoms with E-state index in [4.69, 9.17) is 15.7 Å². The summed E-state index contributed by atoms with van der Waals surface area (Å²) in [6, 6.07) is 16.0. The number of anilines is 2. The lowest BCUT2D eigenvalue weighted by molar-refractivity contribution is 0.627. The quantitative estimate of drug-likeness (QED) is 0.590. The molecule has 0 unspecified atom stereocenters. The second-order valence-electron chi connectivity index (χ2n) is 6.90. The molecular weight excluding hydrogens is 355 g/mol. The first-order valence-electron chi connectivity index (χ1n) is 9.33. The van der Waals surface area contributed by atoms with Crippen LogP contribution in [-0.2, 0) is 0 Å². The summed E-state index contributed by atoms with van der Waals surface area (Å²) in [5.74, 6) is 0.807. The molecule has 1 aliphatic rings. The molecule has 1 aliphatic heterocycles. The number of aromatic nitrogens is 4. The van der Waals surface area contributed by atoms with Crippen LogP contribution in [0.4, 0.5) is 16.2 Å². The zero-order chi connectivity index (χ0) is 19.1. The molecule has 4 aromatic rings. The molecule has 7 heteroatoms. The van der Waals surface area contributed by atoms with E-state index < -0.39 is 0 Å². The molecule has 1 fully saturated rings. The van der Waals surface area contributed by atoms with Crippen LogP contribution < -0.4 is 10.6 Å². The first-order chi connectivity index (χ1) is 13.7. The van der Waals surface area contributed by atoms with Gasteiger partial charge in [-0.15, -0.1) is 5.10 Å². The van der Waals surface area contributed by atoms with Crippen molar-refractivity contribution in [2.24, 2.45) is 0 Å². The monoisotopic (exact) mass is 374 g/mol. The number of rotatable bonds is 3. The van der Waals surface area contributed by atoms with E-state index in [-0.39, 0.29) is 5.82 Å². The van der Waals surface area contributed by atoms with Gasteiger partial charge in [0.1, 0.15) is 11.6 Å². The summed E-state index contributed by atoms with van der Waals surface area (Å²) in [5, 5.41) is 5.33. The van der Waals surface area contributed by atoms with E-state index in [1.54, 1.807) is 16.8 Å². The number of hydrogen-bond donors (Lipinski definition) is 1. The highest BCUT2D eigenvalue weighted by atomic mass is 19.1. The van der Waals surface area contributed by atoms with Crippen LogP contribution in [0, 0.1) is 5.82 Å². The summed E-state index contributed by atoms with van der Waals surface area (Å²) in [6.45, 7) is 1.88. The Morgan fingerprint density at radius 3 is 2.32 bits per heavy atom. The van der Waals surface area contributed by atoms with Crippen molar-refractivity contribution >= 4 is 22.8 Å². The maximum atomic E-state index is 13.3. The van der Waals surface area contributed by atoms with Crippen molar-refractivity contribution in [3.63, 3.8) is 0 Å². The second kappa shape index (κ2) is 6.60. The molecule has 3 heterocycles. The second-order valence-corrected chi connectivity index (χ2v) is 6.90. The van der Waals surface area contributed by atoms with Gasteiger partial charge in [0.05, 0.1) is 16.8 Å². The van der Waals surface area contributed by atoms with E-state index in [1.165, 1.54) is 12.1 Å². The van der Waals surface area contributed by atoms with Gasteiger partial charge in [0.25, 0.3) is 0 Å². The number of nitrogen functional groups attached to an aromatic ring is 1. The fraction of sp³-hybridized carbons (Fsp3) is 0.190. The number of nitrogens with two attached hydrogens (primary N) is 1. The third-order valence-corrected chi connectivity index (χ3v) is 5.06. The van der Waals surface area contributed by atoms with Gasteiger partial charge in [0, 0.05) is 18.7 Å². The molecule has 0 aliphatic carbocycles. The number of halogens is 1. The Bertz CT molecular complexity index is 1130. The summed E-state index contributed by atoms with van der Waals surface area (Å²) in [4.78, 5) is 11.7. The molecule has 0 radical (unpaired) electrons. The molecule has 0 saturated carbocycles. The van der Waals surface area contributed by atoms with Gasteiger partial charge in [-0.25, -0.2) is 14.1 Å². The molecule has 0 atom stereocenters. The molecule has 0 spiro atoms. The van der Waals surface area contributed by atoms with Crippen LogP contribution in [0.5, 0.6) is 0 Å². The van der Waals surface area contributed by atoms with E-state index in [0.717, 1.165) is 37.2 Å². The molecule has 5 rings (SSSR count).